The van der Waals surface area contributed by atoms with Crippen LogP contribution >= 0.6 is 0 Å². The molecule has 2 heterocycles. The van der Waals surface area contributed by atoms with Gasteiger partial charge in [0.05, 0.1) is 24.7 Å². The van der Waals surface area contributed by atoms with Crippen LogP contribution in [0.3, 0.4) is 0 Å². The zero-order valence-electron chi connectivity index (χ0n) is 30.8. The number of benzene rings is 1. The van der Waals surface area contributed by atoms with Crippen molar-refractivity contribution < 1.29 is 24.3 Å². The van der Waals surface area contributed by atoms with Gasteiger partial charge in [0.25, 0.3) is 0 Å². The molecule has 10 heteroatoms. The lowest BCUT2D eigenvalue weighted by Gasteiger charge is -2.41. The number of carbonyl (C=O) groups is 4. The van der Waals surface area contributed by atoms with Gasteiger partial charge in [-0.05, 0) is 76.3 Å². The Kier molecular flexibility index (Phi) is 14.2. The van der Waals surface area contributed by atoms with Crippen molar-refractivity contribution in [3.63, 3.8) is 0 Å². The van der Waals surface area contributed by atoms with Crippen LogP contribution in [-0.4, -0.2) is 106 Å². The first kappa shape index (κ1) is 39.2. The molecule has 0 bridgehead atoms. The van der Waals surface area contributed by atoms with Gasteiger partial charge in [-0.3, -0.25) is 24.1 Å². The standard InChI is InChI=1S/C38H61N5O5/c1-25(2)32(41(9)37(48)33(38(6,7)8)40-35(46)30-18-13-14-20-42(30)26(3)4)22-27(5)36(47)43-21-15-19-31(43)34(45)39-29(24-44)23-28-16-11-10-12-17-28/h10-12,16-17,22,25-26,29-33,44H,13-15,18-21,23-24H2,1-9H3,(H,39,45)(H,40,46)/b27-22+/t29?,30?,31-,32+,33+/m0/s1. The molecule has 0 aromatic heterocycles. The highest BCUT2D eigenvalue weighted by Gasteiger charge is 2.40. The van der Waals surface area contributed by atoms with E-state index in [4.69, 9.17) is 0 Å². The summed E-state index contributed by atoms with van der Waals surface area (Å²) in [4.78, 5) is 60.5. The Labute approximate surface area is 288 Å². The van der Waals surface area contributed by atoms with Crippen molar-refractivity contribution in [2.24, 2.45) is 11.3 Å². The second-order valence-electron chi connectivity index (χ2n) is 15.4. The monoisotopic (exact) mass is 667 g/mol. The highest BCUT2D eigenvalue weighted by atomic mass is 16.3. The number of rotatable bonds is 13. The molecule has 0 spiro atoms. The zero-order valence-corrected chi connectivity index (χ0v) is 30.8. The van der Waals surface area contributed by atoms with Crippen LogP contribution in [0.25, 0.3) is 0 Å². The molecule has 2 aliphatic heterocycles. The Balaban J connectivity index is 1.75. The predicted molar refractivity (Wildman–Crippen MR) is 190 cm³/mol. The molecule has 0 aliphatic carbocycles. The van der Waals surface area contributed by atoms with Crippen LogP contribution in [0.2, 0.25) is 0 Å². The molecule has 0 saturated carbocycles. The van der Waals surface area contributed by atoms with Crippen molar-refractivity contribution in [2.75, 3.05) is 26.7 Å². The number of carbonyl (C=O) groups excluding carboxylic acids is 4. The number of piperidine rings is 1. The molecule has 1 aromatic rings. The van der Waals surface area contributed by atoms with Gasteiger partial charge in [-0.1, -0.05) is 77.4 Å². The van der Waals surface area contributed by atoms with E-state index in [9.17, 15) is 24.3 Å². The third kappa shape index (κ3) is 10.1. The number of nitrogens with zero attached hydrogens (tertiary/aromatic N) is 3. The summed E-state index contributed by atoms with van der Waals surface area (Å²) in [6.45, 7) is 16.9. The molecule has 2 unspecified atom stereocenters. The summed E-state index contributed by atoms with van der Waals surface area (Å²) >= 11 is 0. The molecule has 3 rings (SSSR count). The number of likely N-dealkylation sites (tertiary alicyclic amines) is 2. The number of likely N-dealkylation sites (N-methyl/N-ethyl adjacent to an activating group) is 1. The van der Waals surface area contributed by atoms with Crippen molar-refractivity contribution in [2.45, 2.75) is 130 Å². The Morgan fingerprint density at radius 3 is 2.15 bits per heavy atom. The van der Waals surface area contributed by atoms with E-state index in [1.165, 1.54) is 0 Å². The third-order valence-corrected chi connectivity index (χ3v) is 9.85. The lowest BCUT2D eigenvalue weighted by molar-refractivity contribution is -0.142. The third-order valence-electron chi connectivity index (χ3n) is 9.85. The average Bonchev–Trinajstić information content (AvgIpc) is 3.54. The largest absolute Gasteiger partial charge is 0.394 e. The van der Waals surface area contributed by atoms with Gasteiger partial charge in [-0.2, -0.15) is 0 Å². The normalized spacial score (nSPS) is 21.2. The summed E-state index contributed by atoms with van der Waals surface area (Å²) in [5, 5.41) is 16.1. The number of nitrogens with one attached hydrogen (secondary N) is 2. The van der Waals surface area contributed by atoms with Crippen molar-refractivity contribution in [3.05, 3.63) is 47.5 Å². The molecule has 2 saturated heterocycles. The number of aliphatic hydroxyl groups is 1. The van der Waals surface area contributed by atoms with E-state index >= 15 is 0 Å². The molecular formula is C38H61N5O5. The minimum absolute atomic E-state index is 0.0197. The lowest BCUT2D eigenvalue weighted by Crippen LogP contribution is -2.60. The van der Waals surface area contributed by atoms with Crippen LogP contribution < -0.4 is 10.6 Å². The summed E-state index contributed by atoms with van der Waals surface area (Å²) < 4.78 is 0. The van der Waals surface area contributed by atoms with E-state index in [1.54, 1.807) is 23.8 Å². The van der Waals surface area contributed by atoms with Gasteiger partial charge >= 0.3 is 0 Å². The van der Waals surface area contributed by atoms with Crippen LogP contribution in [0, 0.1) is 11.3 Å². The summed E-state index contributed by atoms with van der Waals surface area (Å²) in [7, 11) is 1.74. The minimum Gasteiger partial charge on any atom is -0.394 e. The highest BCUT2D eigenvalue weighted by molar-refractivity contribution is 5.97. The number of amides is 4. The number of hydrogen-bond acceptors (Lipinski definition) is 6. The van der Waals surface area contributed by atoms with Gasteiger partial charge in [0, 0.05) is 25.2 Å². The molecule has 48 heavy (non-hydrogen) atoms. The highest BCUT2D eigenvalue weighted by Crippen LogP contribution is 2.27. The van der Waals surface area contributed by atoms with Gasteiger partial charge < -0.3 is 25.5 Å². The smallest absolute Gasteiger partial charge is 0.249 e. The van der Waals surface area contributed by atoms with E-state index in [2.05, 4.69) is 29.4 Å². The summed E-state index contributed by atoms with van der Waals surface area (Å²) in [5.41, 5.74) is 0.924. The maximum atomic E-state index is 14.2. The van der Waals surface area contributed by atoms with Crippen molar-refractivity contribution in [1.82, 2.24) is 25.3 Å². The van der Waals surface area contributed by atoms with E-state index in [-0.39, 0.29) is 48.2 Å². The number of aliphatic hydroxyl groups excluding tert-OH is 1. The fraction of sp³-hybridized carbons (Fsp3) is 0.684. The Hall–Kier alpha value is -3.24. The maximum Gasteiger partial charge on any atom is 0.249 e. The average molecular weight is 668 g/mol. The number of hydrogen-bond donors (Lipinski definition) is 3. The van der Waals surface area contributed by atoms with E-state index < -0.39 is 29.6 Å². The molecule has 4 amide bonds. The quantitative estimate of drug-likeness (QED) is 0.274. The van der Waals surface area contributed by atoms with Gasteiger partial charge in [0.1, 0.15) is 12.1 Å². The summed E-state index contributed by atoms with van der Waals surface area (Å²) in [5.74, 6) is -0.846. The van der Waals surface area contributed by atoms with Crippen molar-refractivity contribution in [3.8, 4) is 0 Å². The predicted octanol–water partition coefficient (Wildman–Crippen LogP) is 3.92. The van der Waals surface area contributed by atoms with Gasteiger partial charge in [-0.15, -0.1) is 0 Å². The molecule has 268 valence electrons. The summed E-state index contributed by atoms with van der Waals surface area (Å²) in [6, 6.07) is 7.39. The van der Waals surface area contributed by atoms with Crippen LogP contribution in [0.1, 0.15) is 93.1 Å². The van der Waals surface area contributed by atoms with Crippen molar-refractivity contribution >= 4 is 23.6 Å². The second-order valence-corrected chi connectivity index (χ2v) is 15.4. The Morgan fingerprint density at radius 2 is 1.56 bits per heavy atom. The fourth-order valence-electron chi connectivity index (χ4n) is 7.04. The molecule has 3 N–H and O–H groups in total. The van der Waals surface area contributed by atoms with Crippen LogP contribution in [-0.2, 0) is 25.6 Å². The molecule has 5 atom stereocenters. The van der Waals surface area contributed by atoms with Gasteiger partial charge in [-0.25, -0.2) is 0 Å². The molecule has 1 aromatic carbocycles. The second kappa shape index (κ2) is 17.4. The summed E-state index contributed by atoms with van der Waals surface area (Å²) in [6.07, 6.45) is 6.38. The van der Waals surface area contributed by atoms with E-state index in [0.29, 0.717) is 31.4 Å². The van der Waals surface area contributed by atoms with Gasteiger partial charge in [0.15, 0.2) is 0 Å². The van der Waals surface area contributed by atoms with Crippen LogP contribution in [0.5, 0.6) is 0 Å². The van der Waals surface area contributed by atoms with E-state index in [1.807, 2.05) is 71.0 Å². The topological polar surface area (TPSA) is 122 Å². The van der Waals surface area contributed by atoms with E-state index in [0.717, 1.165) is 31.4 Å². The molecule has 10 nitrogen and oxygen atoms in total. The Morgan fingerprint density at radius 1 is 0.938 bits per heavy atom. The van der Waals surface area contributed by atoms with Gasteiger partial charge in [0.2, 0.25) is 23.6 Å². The first-order valence-electron chi connectivity index (χ1n) is 17.8. The Bertz CT molecular complexity index is 1270. The first-order chi connectivity index (χ1) is 22.6. The zero-order chi connectivity index (χ0) is 35.8. The molecular weight excluding hydrogens is 606 g/mol. The molecule has 2 fully saturated rings. The molecule has 0 radical (unpaired) electrons. The van der Waals surface area contributed by atoms with Crippen LogP contribution in [0.15, 0.2) is 42.0 Å². The van der Waals surface area contributed by atoms with Crippen molar-refractivity contribution in [1.29, 1.82) is 0 Å². The van der Waals surface area contributed by atoms with Crippen LogP contribution in [0.4, 0.5) is 0 Å². The SMILES string of the molecule is C/C(=C\[C@H](C(C)C)N(C)C(=O)[C@@H](NC(=O)C1CCCCN1C(C)C)C(C)(C)C)C(=O)N1CCC[C@H]1C(=O)NC(CO)Cc1ccccc1. The fourth-order valence-corrected chi connectivity index (χ4v) is 7.04. The maximum absolute atomic E-state index is 14.2. The minimum atomic E-state index is -0.751. The molecule has 2 aliphatic rings. The lowest BCUT2D eigenvalue weighted by atomic mass is 9.84. The first-order valence-corrected chi connectivity index (χ1v) is 17.8.